The number of anilines is 1. The number of imide groups is 2. The monoisotopic (exact) mass is 979 g/mol. The van der Waals surface area contributed by atoms with Gasteiger partial charge in [0.25, 0.3) is 11.8 Å². The van der Waals surface area contributed by atoms with Crippen molar-refractivity contribution >= 4 is 52.0 Å². The fourth-order valence-corrected chi connectivity index (χ4v) is 10.3. The predicted molar refractivity (Wildman–Crippen MR) is 249 cm³/mol. The van der Waals surface area contributed by atoms with Crippen LogP contribution in [0, 0.1) is 24.6 Å². The zero-order valence-electron chi connectivity index (χ0n) is 39.4. The first-order valence-electron chi connectivity index (χ1n) is 24.0. The molecule has 372 valence electrons. The molecule has 1 unspecified atom stereocenters. The van der Waals surface area contributed by atoms with Gasteiger partial charge in [-0.3, -0.25) is 53.7 Å². The van der Waals surface area contributed by atoms with E-state index in [0.717, 1.165) is 77.5 Å². The molecule has 0 radical (unpaired) electrons. The number of amides is 6. The van der Waals surface area contributed by atoms with Crippen LogP contribution in [0.4, 0.5) is 23.2 Å². The lowest BCUT2D eigenvalue weighted by molar-refractivity contribution is -0.182. The lowest BCUT2D eigenvalue weighted by Crippen LogP contribution is -2.54. The van der Waals surface area contributed by atoms with Crippen LogP contribution in [-0.4, -0.2) is 133 Å². The van der Waals surface area contributed by atoms with Crippen molar-refractivity contribution in [2.24, 2.45) is 11.8 Å². The van der Waals surface area contributed by atoms with Crippen LogP contribution in [0.2, 0.25) is 0 Å². The molecule has 4 fully saturated rings. The van der Waals surface area contributed by atoms with E-state index in [2.05, 4.69) is 36.8 Å². The lowest BCUT2D eigenvalue weighted by atomic mass is 9.92. The van der Waals surface area contributed by atoms with Crippen molar-refractivity contribution in [1.82, 2.24) is 50.3 Å². The van der Waals surface area contributed by atoms with E-state index in [9.17, 15) is 41.9 Å². The normalized spacial score (nSPS) is 21.3. The zero-order chi connectivity index (χ0) is 50.1. The van der Waals surface area contributed by atoms with Crippen LogP contribution < -0.4 is 15.5 Å². The SMILES string of the molecule is Cc1nn(CC(=O)N2CCC(CN3CCN(c4cc5c(cc4F)C(=O)N(C4CCC(=O)NC4=O)C5=O)CC3)CC2)c2ccc(-c3ccc([C@H]4C[C@@H]4C(=O)NCc4nc(C(C)(C)C(F)(F)F)n[nH]4)cc3)cc12. The number of alkyl halides is 3. The summed E-state index contributed by atoms with van der Waals surface area (Å²) in [7, 11) is 0. The highest BCUT2D eigenvalue weighted by Gasteiger charge is 2.52. The molecular weight excluding hydrogens is 927 g/mol. The number of benzene rings is 3. The summed E-state index contributed by atoms with van der Waals surface area (Å²) < 4.78 is 57.5. The molecule has 17 nitrogen and oxygen atoms in total. The molecule has 5 aromatic rings. The zero-order valence-corrected chi connectivity index (χ0v) is 39.4. The Morgan fingerprint density at radius 1 is 0.859 bits per heavy atom. The first kappa shape index (κ1) is 47.6. The van der Waals surface area contributed by atoms with Crippen LogP contribution >= 0.6 is 0 Å². The number of aromatic nitrogens is 5. The number of nitrogens with zero attached hydrogens (tertiary/aromatic N) is 8. The quantitative estimate of drug-likeness (QED) is 0.113. The number of aromatic amines is 1. The van der Waals surface area contributed by atoms with Gasteiger partial charge in [-0.2, -0.15) is 23.4 Å². The summed E-state index contributed by atoms with van der Waals surface area (Å²) in [5.74, 6) is -3.49. The molecule has 1 aliphatic carbocycles. The fourth-order valence-electron chi connectivity index (χ4n) is 10.3. The number of aryl methyl sites for hydroxylation is 1. The smallest absolute Gasteiger partial charge is 0.367 e. The summed E-state index contributed by atoms with van der Waals surface area (Å²) >= 11 is 0. The molecular formula is C50H53F4N11O6. The Bertz CT molecular complexity index is 2970. The summed E-state index contributed by atoms with van der Waals surface area (Å²) in [6.45, 7) is 8.47. The number of hydrogen-bond donors (Lipinski definition) is 3. The number of carbonyl (C=O) groups is 6. The van der Waals surface area contributed by atoms with Crippen LogP contribution in [0.1, 0.15) is 95.5 Å². The van der Waals surface area contributed by atoms with Crippen LogP contribution in [0.3, 0.4) is 0 Å². The molecule has 71 heavy (non-hydrogen) atoms. The number of fused-ring (bicyclic) bond motifs is 2. The molecule has 3 N–H and O–H groups in total. The van der Waals surface area contributed by atoms with Gasteiger partial charge in [0.1, 0.15) is 29.6 Å². The summed E-state index contributed by atoms with van der Waals surface area (Å²) in [6.07, 6.45) is -2.15. The van der Waals surface area contributed by atoms with Gasteiger partial charge in [-0.25, -0.2) is 9.37 Å². The van der Waals surface area contributed by atoms with Crippen molar-refractivity contribution in [2.75, 3.05) is 50.7 Å². The van der Waals surface area contributed by atoms with Gasteiger partial charge in [0, 0.05) is 63.5 Å². The molecule has 10 rings (SSSR count). The van der Waals surface area contributed by atoms with Gasteiger partial charge in [0.05, 0.1) is 34.6 Å². The van der Waals surface area contributed by atoms with Gasteiger partial charge in [-0.05, 0) is 99.2 Å². The maximum absolute atomic E-state index is 15.5. The minimum Gasteiger partial charge on any atom is -0.367 e. The van der Waals surface area contributed by atoms with Crippen LogP contribution in [-0.2, 0) is 37.7 Å². The third-order valence-corrected chi connectivity index (χ3v) is 15.0. The number of piperazine rings is 1. The molecule has 4 aliphatic heterocycles. The first-order valence-corrected chi connectivity index (χ1v) is 24.0. The maximum atomic E-state index is 15.5. The summed E-state index contributed by atoms with van der Waals surface area (Å²) in [5, 5.41) is 16.9. The number of piperidine rings is 2. The van der Waals surface area contributed by atoms with E-state index in [4.69, 9.17) is 5.10 Å². The topological polar surface area (TPSA) is 199 Å². The summed E-state index contributed by atoms with van der Waals surface area (Å²) in [6, 6.07) is 15.5. The molecule has 3 aromatic carbocycles. The van der Waals surface area contributed by atoms with Crippen LogP contribution in [0.25, 0.3) is 22.0 Å². The number of hydrogen-bond acceptors (Lipinski definition) is 11. The van der Waals surface area contributed by atoms with Crippen molar-refractivity contribution in [3.63, 3.8) is 0 Å². The van der Waals surface area contributed by atoms with E-state index < -0.39 is 47.1 Å². The summed E-state index contributed by atoms with van der Waals surface area (Å²) in [5.41, 5.74) is 2.61. The van der Waals surface area contributed by atoms with E-state index in [1.54, 1.807) is 4.68 Å². The van der Waals surface area contributed by atoms with E-state index >= 15 is 4.39 Å². The molecule has 6 amide bonds. The van der Waals surface area contributed by atoms with E-state index in [1.807, 2.05) is 53.1 Å². The second kappa shape index (κ2) is 18.3. The van der Waals surface area contributed by atoms with Gasteiger partial charge in [-0.15, -0.1) is 0 Å². The Morgan fingerprint density at radius 3 is 2.24 bits per heavy atom. The van der Waals surface area contributed by atoms with Crippen LogP contribution in [0.5, 0.6) is 0 Å². The Morgan fingerprint density at radius 2 is 1.55 bits per heavy atom. The highest BCUT2D eigenvalue weighted by Crippen LogP contribution is 2.48. The highest BCUT2D eigenvalue weighted by atomic mass is 19.4. The Balaban J connectivity index is 0.678. The Kier molecular flexibility index (Phi) is 12.3. The van der Waals surface area contributed by atoms with Crippen LogP contribution in [0.15, 0.2) is 54.6 Å². The predicted octanol–water partition coefficient (Wildman–Crippen LogP) is 4.99. The van der Waals surface area contributed by atoms with Gasteiger partial charge >= 0.3 is 6.18 Å². The Hall–Kier alpha value is -7.03. The molecule has 5 aliphatic rings. The van der Waals surface area contributed by atoms with Crippen molar-refractivity contribution in [3.8, 4) is 11.1 Å². The molecule has 3 saturated heterocycles. The third kappa shape index (κ3) is 9.15. The average molecular weight is 980 g/mol. The lowest BCUT2D eigenvalue weighted by Gasteiger charge is -2.39. The van der Waals surface area contributed by atoms with E-state index in [0.29, 0.717) is 51.6 Å². The van der Waals surface area contributed by atoms with Crippen molar-refractivity contribution in [1.29, 1.82) is 0 Å². The van der Waals surface area contributed by atoms with Gasteiger partial charge in [-0.1, -0.05) is 30.3 Å². The number of nitrogens with one attached hydrogen (secondary N) is 3. The first-order chi connectivity index (χ1) is 33.8. The van der Waals surface area contributed by atoms with Gasteiger partial charge in [0.2, 0.25) is 23.6 Å². The maximum Gasteiger partial charge on any atom is 0.401 e. The molecule has 3 atom stereocenters. The fraction of sp³-hybridized carbons (Fsp3) is 0.460. The van der Waals surface area contributed by atoms with Gasteiger partial charge in [0.15, 0.2) is 5.82 Å². The number of likely N-dealkylation sites (tertiary alicyclic amines) is 1. The number of halogens is 4. The number of H-pyrrole nitrogens is 1. The Labute approximate surface area is 405 Å². The number of carbonyl (C=O) groups excluding carboxylic acids is 6. The standard InChI is InChI=1S/C50H53F4N11O6/c1-27-32-20-31(29-4-6-30(7-5-29)33-21-34(33)44(68)55-24-41-56-48(59-58-41)49(2,3)50(52,53)54)8-9-38(32)64(60-27)26-43(67)63-14-12-28(13-15-63)25-61-16-18-62(19-17-61)40-23-36-35(22-37(40)51)46(70)65(47(36)71)39-10-11-42(66)57-45(39)69/h4-9,20,22-23,28,33-34,39H,10-19,21,24-26H2,1-3H3,(H,55,68)(H,56,58,59)(H,57,66,69)/t33-,34+,39?/m1/s1. The molecule has 1 saturated carbocycles. The van der Waals surface area contributed by atoms with E-state index in [1.165, 1.54) is 6.07 Å². The molecule has 0 bridgehead atoms. The third-order valence-electron chi connectivity index (χ3n) is 15.0. The van der Waals surface area contributed by atoms with Crippen molar-refractivity contribution < 1.29 is 46.3 Å². The summed E-state index contributed by atoms with van der Waals surface area (Å²) in [4.78, 5) is 88.1. The minimum atomic E-state index is -4.52. The molecule has 2 aromatic heterocycles. The highest BCUT2D eigenvalue weighted by molar-refractivity contribution is 6.23. The molecule has 0 spiro atoms. The van der Waals surface area contributed by atoms with E-state index in [-0.39, 0.29) is 78.0 Å². The second-order valence-corrected chi connectivity index (χ2v) is 19.9. The van der Waals surface area contributed by atoms with Crippen molar-refractivity contribution in [2.45, 2.75) is 89.5 Å². The molecule has 21 heteroatoms. The molecule has 6 heterocycles. The largest absolute Gasteiger partial charge is 0.401 e. The average Bonchev–Trinajstić information content (AvgIpc) is 3.80. The minimum absolute atomic E-state index is 0.00191. The second-order valence-electron chi connectivity index (χ2n) is 19.9. The van der Waals surface area contributed by atoms with Crippen molar-refractivity contribution in [3.05, 3.63) is 94.4 Å². The van der Waals surface area contributed by atoms with Gasteiger partial charge < -0.3 is 15.1 Å². The number of rotatable bonds is 12.